The van der Waals surface area contributed by atoms with E-state index in [0.29, 0.717) is 5.92 Å². The molecule has 1 heteroatoms. The largest absolute Gasteiger partial charge is 0.233 e. The van der Waals surface area contributed by atoms with Crippen LogP contribution < -0.4 is 0 Å². The summed E-state index contributed by atoms with van der Waals surface area (Å²) < 4.78 is 0. The van der Waals surface area contributed by atoms with Crippen LogP contribution in [0.2, 0.25) is 0 Å². The number of rotatable bonds is 6. The van der Waals surface area contributed by atoms with Crippen molar-refractivity contribution in [3.8, 4) is 0 Å². The van der Waals surface area contributed by atoms with E-state index in [-0.39, 0.29) is 6.10 Å². The lowest BCUT2D eigenvalue weighted by atomic mass is 9.94. The van der Waals surface area contributed by atoms with E-state index in [2.05, 4.69) is 13.8 Å². The minimum absolute atomic E-state index is 0.364. The normalized spacial score (nSPS) is 16.4. The van der Waals surface area contributed by atoms with Crippen molar-refractivity contribution in [2.45, 2.75) is 59.0 Å². The summed E-state index contributed by atoms with van der Waals surface area (Å²) in [5.74, 6) is 0.683. The average molecular weight is 157 g/mol. The SMILES string of the molecule is CCCCC(CC)CC(C)[O]. The summed E-state index contributed by atoms with van der Waals surface area (Å²) in [6.07, 6.45) is 5.47. The Bertz CT molecular complexity index is 78.9. The average Bonchev–Trinajstić information content (AvgIpc) is 1.97. The Morgan fingerprint density at radius 3 is 2.27 bits per heavy atom. The number of hydrogen-bond donors (Lipinski definition) is 0. The Morgan fingerprint density at radius 2 is 1.91 bits per heavy atom. The van der Waals surface area contributed by atoms with Crippen LogP contribution in [-0.4, -0.2) is 6.10 Å². The van der Waals surface area contributed by atoms with Gasteiger partial charge in [-0.05, 0) is 19.3 Å². The van der Waals surface area contributed by atoms with Gasteiger partial charge in [-0.1, -0.05) is 39.5 Å². The van der Waals surface area contributed by atoms with E-state index in [9.17, 15) is 5.11 Å². The van der Waals surface area contributed by atoms with E-state index in [1.807, 2.05) is 0 Å². The first-order valence-corrected chi connectivity index (χ1v) is 4.86. The molecule has 0 amide bonds. The van der Waals surface area contributed by atoms with Crippen molar-refractivity contribution in [1.29, 1.82) is 0 Å². The lowest BCUT2D eigenvalue weighted by Crippen LogP contribution is -2.07. The third-order valence-electron chi connectivity index (χ3n) is 2.21. The van der Waals surface area contributed by atoms with Gasteiger partial charge < -0.3 is 0 Å². The van der Waals surface area contributed by atoms with Gasteiger partial charge in [0.2, 0.25) is 0 Å². The molecule has 0 aromatic heterocycles. The Labute approximate surface area is 70.8 Å². The molecule has 0 fully saturated rings. The van der Waals surface area contributed by atoms with Gasteiger partial charge in [-0.15, -0.1) is 0 Å². The molecular weight excluding hydrogens is 136 g/mol. The molecule has 11 heavy (non-hydrogen) atoms. The first kappa shape index (κ1) is 11.0. The predicted octanol–water partition coefficient (Wildman–Crippen LogP) is 3.41. The molecule has 0 spiro atoms. The molecule has 0 bridgehead atoms. The minimum Gasteiger partial charge on any atom is -0.233 e. The van der Waals surface area contributed by atoms with Gasteiger partial charge in [-0.25, -0.2) is 5.11 Å². The molecule has 0 aliphatic carbocycles. The second-order valence-electron chi connectivity index (χ2n) is 3.46. The van der Waals surface area contributed by atoms with Crippen molar-refractivity contribution in [3.63, 3.8) is 0 Å². The van der Waals surface area contributed by atoms with Crippen LogP contribution in [0.15, 0.2) is 0 Å². The van der Waals surface area contributed by atoms with E-state index in [1.54, 1.807) is 6.92 Å². The summed E-state index contributed by atoms with van der Waals surface area (Å²) in [5.41, 5.74) is 0. The van der Waals surface area contributed by atoms with Gasteiger partial charge in [-0.2, -0.15) is 0 Å². The van der Waals surface area contributed by atoms with Crippen molar-refractivity contribution in [2.24, 2.45) is 5.92 Å². The summed E-state index contributed by atoms with van der Waals surface area (Å²) in [7, 11) is 0. The van der Waals surface area contributed by atoms with Gasteiger partial charge in [0.15, 0.2) is 0 Å². The van der Waals surface area contributed by atoms with Crippen LogP contribution in [0.1, 0.15) is 52.9 Å². The fourth-order valence-corrected chi connectivity index (χ4v) is 1.45. The summed E-state index contributed by atoms with van der Waals surface area (Å²) in [6.45, 7) is 6.16. The lowest BCUT2D eigenvalue weighted by Gasteiger charge is -2.14. The Hall–Kier alpha value is -0.0400. The van der Waals surface area contributed by atoms with Crippen LogP contribution in [0.5, 0.6) is 0 Å². The van der Waals surface area contributed by atoms with Crippen LogP contribution in [0.4, 0.5) is 0 Å². The van der Waals surface area contributed by atoms with E-state index in [1.165, 1.54) is 25.7 Å². The summed E-state index contributed by atoms with van der Waals surface area (Å²) >= 11 is 0. The molecule has 0 rings (SSSR count). The predicted molar refractivity (Wildman–Crippen MR) is 48.1 cm³/mol. The van der Waals surface area contributed by atoms with Crippen LogP contribution in [0.3, 0.4) is 0 Å². The Balaban J connectivity index is 3.41. The number of unbranched alkanes of at least 4 members (excludes halogenated alkanes) is 1. The first-order valence-electron chi connectivity index (χ1n) is 4.86. The third kappa shape index (κ3) is 6.36. The van der Waals surface area contributed by atoms with E-state index in [0.717, 1.165) is 6.42 Å². The monoisotopic (exact) mass is 157 g/mol. The van der Waals surface area contributed by atoms with Gasteiger partial charge in [0, 0.05) is 0 Å². The number of hydrogen-bond acceptors (Lipinski definition) is 0. The standard InChI is InChI=1S/C10H21O/c1-4-6-7-10(5-2)8-9(3)11/h9-10H,4-8H2,1-3H3. The molecule has 0 heterocycles. The van der Waals surface area contributed by atoms with Gasteiger partial charge in [-0.3, -0.25) is 0 Å². The third-order valence-corrected chi connectivity index (χ3v) is 2.21. The molecule has 1 nitrogen and oxygen atoms in total. The fraction of sp³-hybridized carbons (Fsp3) is 1.00. The first-order chi connectivity index (χ1) is 5.20. The van der Waals surface area contributed by atoms with Crippen molar-refractivity contribution in [3.05, 3.63) is 0 Å². The molecule has 2 unspecified atom stereocenters. The Morgan fingerprint density at radius 1 is 1.27 bits per heavy atom. The highest BCUT2D eigenvalue weighted by molar-refractivity contribution is 4.60. The minimum atomic E-state index is -0.364. The molecule has 0 aromatic carbocycles. The van der Waals surface area contributed by atoms with E-state index < -0.39 is 0 Å². The zero-order valence-electron chi connectivity index (χ0n) is 8.10. The van der Waals surface area contributed by atoms with Gasteiger partial charge in [0.1, 0.15) is 0 Å². The fourth-order valence-electron chi connectivity index (χ4n) is 1.45. The quantitative estimate of drug-likeness (QED) is 0.563. The van der Waals surface area contributed by atoms with E-state index in [4.69, 9.17) is 0 Å². The molecular formula is C10H21O. The molecule has 1 radical (unpaired) electrons. The van der Waals surface area contributed by atoms with Crippen LogP contribution >= 0.6 is 0 Å². The summed E-state index contributed by atoms with van der Waals surface area (Å²) in [4.78, 5) is 0. The van der Waals surface area contributed by atoms with Gasteiger partial charge in [0.05, 0.1) is 6.10 Å². The highest BCUT2D eigenvalue weighted by Gasteiger charge is 2.09. The van der Waals surface area contributed by atoms with Crippen molar-refractivity contribution in [2.75, 3.05) is 0 Å². The van der Waals surface area contributed by atoms with Gasteiger partial charge in [0.25, 0.3) is 0 Å². The topological polar surface area (TPSA) is 19.9 Å². The molecule has 0 aliphatic rings. The lowest BCUT2D eigenvalue weighted by molar-refractivity contribution is 0.0789. The van der Waals surface area contributed by atoms with Gasteiger partial charge >= 0.3 is 0 Å². The summed E-state index contributed by atoms with van der Waals surface area (Å²) in [5, 5.41) is 10.9. The zero-order valence-corrected chi connectivity index (χ0v) is 8.10. The van der Waals surface area contributed by atoms with E-state index >= 15 is 0 Å². The molecule has 2 atom stereocenters. The Kier molecular flexibility index (Phi) is 6.63. The van der Waals surface area contributed by atoms with Crippen molar-refractivity contribution < 1.29 is 5.11 Å². The molecule has 0 aliphatic heterocycles. The molecule has 0 saturated carbocycles. The highest BCUT2D eigenvalue weighted by Crippen LogP contribution is 2.18. The second kappa shape index (κ2) is 6.66. The van der Waals surface area contributed by atoms with Crippen molar-refractivity contribution in [1.82, 2.24) is 0 Å². The molecule has 0 N–H and O–H groups in total. The van der Waals surface area contributed by atoms with Crippen LogP contribution in [-0.2, 0) is 5.11 Å². The van der Waals surface area contributed by atoms with Crippen LogP contribution in [0.25, 0.3) is 0 Å². The molecule has 0 saturated heterocycles. The maximum absolute atomic E-state index is 10.9. The second-order valence-corrected chi connectivity index (χ2v) is 3.46. The summed E-state index contributed by atoms with van der Waals surface area (Å²) in [6, 6.07) is 0. The maximum Gasteiger partial charge on any atom is 0.0904 e. The molecule has 67 valence electrons. The highest BCUT2D eigenvalue weighted by atomic mass is 16.3. The van der Waals surface area contributed by atoms with Crippen LogP contribution in [0, 0.1) is 5.92 Å². The zero-order chi connectivity index (χ0) is 8.69. The smallest absolute Gasteiger partial charge is 0.0904 e. The van der Waals surface area contributed by atoms with Crippen molar-refractivity contribution >= 4 is 0 Å². The maximum atomic E-state index is 10.9. The molecule has 0 aromatic rings.